The summed E-state index contributed by atoms with van der Waals surface area (Å²) in [5.41, 5.74) is 6.19. The van der Waals surface area contributed by atoms with Gasteiger partial charge in [0.25, 0.3) is 0 Å². The van der Waals surface area contributed by atoms with E-state index < -0.39 is 24.0 Å². The van der Waals surface area contributed by atoms with Crippen LogP contribution in [0.25, 0.3) is 11.1 Å². The predicted octanol–water partition coefficient (Wildman–Crippen LogP) is 3.32. The highest BCUT2D eigenvalue weighted by Crippen LogP contribution is 2.38. The third-order valence-electron chi connectivity index (χ3n) is 6.29. The largest absolute Gasteiger partial charge is 0.418 e. The number of alkyl halides is 3. The first-order valence-corrected chi connectivity index (χ1v) is 11.0. The second-order valence-corrected chi connectivity index (χ2v) is 8.41. The number of benzene rings is 1. The molecule has 1 fully saturated rings. The van der Waals surface area contributed by atoms with E-state index in [1.165, 1.54) is 7.11 Å². The molecule has 0 spiro atoms. The van der Waals surface area contributed by atoms with E-state index >= 15 is 0 Å². The average Bonchev–Trinajstić information content (AvgIpc) is 3.41. The SMILES string of the molecule is COC1C=CC(c2cc(C(F)(F)F)c3c(N)ncnn23)=CN1C1CCN(Cc2ccccc2)C1=O. The number of fused-ring (bicyclic) bond motifs is 1. The van der Waals surface area contributed by atoms with E-state index in [-0.39, 0.29) is 22.9 Å². The van der Waals surface area contributed by atoms with Gasteiger partial charge in [-0.1, -0.05) is 36.4 Å². The van der Waals surface area contributed by atoms with Crippen molar-refractivity contribution >= 4 is 22.8 Å². The molecule has 1 saturated heterocycles. The number of rotatable bonds is 5. The number of ether oxygens (including phenoxy) is 1. The van der Waals surface area contributed by atoms with E-state index in [0.717, 1.165) is 22.5 Å². The molecule has 2 aliphatic heterocycles. The Hall–Kier alpha value is -3.86. The second-order valence-electron chi connectivity index (χ2n) is 8.41. The van der Waals surface area contributed by atoms with Crippen LogP contribution in [0.15, 0.2) is 61.1 Å². The minimum Gasteiger partial charge on any atom is -0.382 e. The maximum atomic E-state index is 13.7. The number of nitrogens with two attached hydrogens (primary N) is 1. The van der Waals surface area contributed by atoms with Gasteiger partial charge in [-0.05, 0) is 24.1 Å². The van der Waals surface area contributed by atoms with Crippen LogP contribution in [0.5, 0.6) is 0 Å². The summed E-state index contributed by atoms with van der Waals surface area (Å²) in [6, 6.07) is 10.2. The van der Waals surface area contributed by atoms with Crippen molar-refractivity contribution in [3.05, 3.63) is 77.9 Å². The Balaban J connectivity index is 1.50. The van der Waals surface area contributed by atoms with Crippen LogP contribution >= 0.6 is 0 Å². The quantitative estimate of drug-likeness (QED) is 0.598. The lowest BCUT2D eigenvalue weighted by molar-refractivity contribution is -0.136. The maximum Gasteiger partial charge on any atom is 0.418 e. The van der Waals surface area contributed by atoms with Crippen molar-refractivity contribution in [2.45, 2.75) is 31.4 Å². The third-order valence-corrected chi connectivity index (χ3v) is 6.29. The highest BCUT2D eigenvalue weighted by molar-refractivity contribution is 5.85. The van der Waals surface area contributed by atoms with Crippen LogP contribution in [0.1, 0.15) is 23.2 Å². The van der Waals surface area contributed by atoms with Gasteiger partial charge in [0.05, 0.1) is 11.3 Å². The lowest BCUT2D eigenvalue weighted by Gasteiger charge is -2.34. The molecule has 2 N–H and O–H groups in total. The Kier molecular flexibility index (Phi) is 5.72. The lowest BCUT2D eigenvalue weighted by Crippen LogP contribution is -2.45. The Labute approximate surface area is 199 Å². The zero-order valence-electron chi connectivity index (χ0n) is 18.8. The average molecular weight is 484 g/mol. The number of hydrogen-bond acceptors (Lipinski definition) is 6. The molecule has 11 heteroatoms. The number of carbonyl (C=O) groups excluding carboxylic acids is 1. The number of anilines is 1. The van der Waals surface area contributed by atoms with Crippen molar-refractivity contribution < 1.29 is 22.7 Å². The molecule has 2 aliphatic rings. The number of amides is 1. The molecule has 0 radical (unpaired) electrons. The fraction of sp³-hybridized carbons (Fsp3) is 0.292. The van der Waals surface area contributed by atoms with Gasteiger partial charge in [0.1, 0.15) is 24.1 Å². The number of methoxy groups -OCH3 is 1. The van der Waals surface area contributed by atoms with Crippen LogP contribution in [0.2, 0.25) is 0 Å². The molecule has 1 amide bonds. The third kappa shape index (κ3) is 4.12. The summed E-state index contributed by atoms with van der Waals surface area (Å²) in [6.07, 6.45) is 1.50. The van der Waals surface area contributed by atoms with Gasteiger partial charge in [-0.2, -0.15) is 18.3 Å². The molecule has 8 nitrogen and oxygen atoms in total. The summed E-state index contributed by atoms with van der Waals surface area (Å²) in [6.45, 7) is 1.05. The van der Waals surface area contributed by atoms with Gasteiger partial charge in [0, 0.05) is 32.0 Å². The molecule has 1 aromatic carbocycles. The number of carbonyl (C=O) groups is 1. The van der Waals surface area contributed by atoms with Gasteiger partial charge in [-0.15, -0.1) is 0 Å². The zero-order valence-corrected chi connectivity index (χ0v) is 18.8. The molecule has 35 heavy (non-hydrogen) atoms. The van der Waals surface area contributed by atoms with Crippen molar-refractivity contribution in [3.8, 4) is 0 Å². The molecule has 0 aliphatic carbocycles. The fourth-order valence-electron chi connectivity index (χ4n) is 4.63. The Bertz CT molecular complexity index is 1320. The van der Waals surface area contributed by atoms with E-state index in [9.17, 15) is 18.0 Å². The van der Waals surface area contributed by atoms with Crippen LogP contribution < -0.4 is 5.73 Å². The van der Waals surface area contributed by atoms with Gasteiger partial charge in [0.15, 0.2) is 5.82 Å². The van der Waals surface area contributed by atoms with Crippen molar-refractivity contribution in [3.63, 3.8) is 0 Å². The van der Waals surface area contributed by atoms with Crippen LogP contribution in [0.4, 0.5) is 19.0 Å². The van der Waals surface area contributed by atoms with E-state index in [0.29, 0.717) is 25.1 Å². The summed E-state index contributed by atoms with van der Waals surface area (Å²) in [5.74, 6) is -0.336. The van der Waals surface area contributed by atoms with Crippen LogP contribution in [0.3, 0.4) is 0 Å². The van der Waals surface area contributed by atoms with Crippen LogP contribution in [-0.4, -0.2) is 56.2 Å². The molecule has 5 rings (SSSR count). The van der Waals surface area contributed by atoms with Crippen LogP contribution in [0, 0.1) is 0 Å². The van der Waals surface area contributed by atoms with Crippen molar-refractivity contribution in [1.29, 1.82) is 0 Å². The van der Waals surface area contributed by atoms with E-state index in [1.54, 1.807) is 28.2 Å². The smallest absolute Gasteiger partial charge is 0.382 e. The second kappa shape index (κ2) is 8.73. The standard InChI is InChI=1S/C24H23F3N6O2/c1-35-20-8-7-16(19-11-17(24(25,26)27)21-22(28)29-14-30-33(19)21)13-32(20)18-9-10-31(23(18)34)12-15-5-3-2-4-6-15/h2-8,11,13-14,18,20H,9-10,12H2,1H3,(H2,28,29,30). The highest BCUT2D eigenvalue weighted by Gasteiger charge is 2.40. The number of nitrogen functional groups attached to an aromatic ring is 1. The highest BCUT2D eigenvalue weighted by atomic mass is 19.4. The maximum absolute atomic E-state index is 13.7. The molecule has 182 valence electrons. The molecular formula is C24H23F3N6O2. The van der Waals surface area contributed by atoms with E-state index in [2.05, 4.69) is 10.1 Å². The monoisotopic (exact) mass is 484 g/mol. The fourth-order valence-corrected chi connectivity index (χ4v) is 4.63. The molecule has 4 heterocycles. The zero-order chi connectivity index (χ0) is 24.7. The summed E-state index contributed by atoms with van der Waals surface area (Å²) in [4.78, 5) is 20.5. The number of allylic oxidation sites excluding steroid dienone is 2. The van der Waals surface area contributed by atoms with Gasteiger partial charge in [-0.25, -0.2) is 9.50 Å². The van der Waals surface area contributed by atoms with Crippen LogP contribution in [-0.2, 0) is 22.3 Å². The topological polar surface area (TPSA) is 89.0 Å². The minimum atomic E-state index is -4.64. The molecule has 2 atom stereocenters. The van der Waals surface area contributed by atoms with Gasteiger partial charge >= 0.3 is 6.18 Å². The molecule has 2 unspecified atom stereocenters. The van der Waals surface area contributed by atoms with E-state index in [4.69, 9.17) is 10.5 Å². The Morgan fingerprint density at radius 2 is 2.00 bits per heavy atom. The number of halogens is 3. The van der Waals surface area contributed by atoms with Crippen molar-refractivity contribution in [1.82, 2.24) is 24.4 Å². The number of nitrogens with zero attached hydrogens (tertiary/aromatic N) is 5. The summed E-state index contributed by atoms with van der Waals surface area (Å²) in [5, 5.41) is 4.01. The molecule has 2 aromatic heterocycles. The predicted molar refractivity (Wildman–Crippen MR) is 122 cm³/mol. The number of aromatic nitrogens is 3. The molecule has 3 aromatic rings. The molecular weight excluding hydrogens is 461 g/mol. The van der Waals surface area contributed by atoms with Gasteiger partial charge < -0.3 is 20.3 Å². The summed E-state index contributed by atoms with van der Waals surface area (Å²) in [7, 11) is 1.52. The first-order chi connectivity index (χ1) is 16.8. The van der Waals surface area contributed by atoms with Crippen molar-refractivity contribution in [2.24, 2.45) is 0 Å². The van der Waals surface area contributed by atoms with Crippen molar-refractivity contribution in [2.75, 3.05) is 19.4 Å². The van der Waals surface area contributed by atoms with Gasteiger partial charge in [0.2, 0.25) is 5.91 Å². The molecule has 0 saturated carbocycles. The van der Waals surface area contributed by atoms with Gasteiger partial charge in [-0.3, -0.25) is 4.79 Å². The summed E-state index contributed by atoms with van der Waals surface area (Å²) >= 11 is 0. The lowest BCUT2D eigenvalue weighted by atomic mass is 10.1. The Morgan fingerprint density at radius 1 is 1.23 bits per heavy atom. The number of hydrogen-bond donors (Lipinski definition) is 1. The van der Waals surface area contributed by atoms with E-state index in [1.807, 2.05) is 30.3 Å². The Morgan fingerprint density at radius 3 is 2.71 bits per heavy atom. The molecule has 0 bridgehead atoms. The number of likely N-dealkylation sites (tertiary alicyclic amines) is 1. The normalized spacial score (nSPS) is 20.7. The minimum absolute atomic E-state index is 0.0654. The first-order valence-electron chi connectivity index (χ1n) is 11.0. The summed E-state index contributed by atoms with van der Waals surface area (Å²) < 4.78 is 47.9. The first kappa shape index (κ1) is 22.9.